The predicted molar refractivity (Wildman–Crippen MR) is 83.4 cm³/mol. The Morgan fingerprint density at radius 1 is 1.29 bits per heavy atom. The highest BCUT2D eigenvalue weighted by Gasteiger charge is 2.12. The largest absolute Gasteiger partial charge is 0.340 e. The molecule has 104 valence electrons. The van der Waals surface area contributed by atoms with Gasteiger partial charge >= 0.3 is 0 Å². The van der Waals surface area contributed by atoms with E-state index in [0.29, 0.717) is 10.9 Å². The summed E-state index contributed by atoms with van der Waals surface area (Å²) in [5.41, 5.74) is 4.58. The molecule has 1 aromatic carbocycles. The zero-order valence-corrected chi connectivity index (χ0v) is 12.5. The van der Waals surface area contributed by atoms with Gasteiger partial charge in [-0.05, 0) is 25.1 Å². The van der Waals surface area contributed by atoms with Gasteiger partial charge in [-0.15, -0.1) is 11.3 Å². The van der Waals surface area contributed by atoms with Gasteiger partial charge in [0.1, 0.15) is 17.3 Å². The van der Waals surface area contributed by atoms with Crippen molar-refractivity contribution in [3.05, 3.63) is 40.8 Å². The summed E-state index contributed by atoms with van der Waals surface area (Å²) >= 11 is 7.75. The van der Waals surface area contributed by atoms with E-state index in [4.69, 9.17) is 11.6 Å². The zero-order chi connectivity index (χ0) is 14.4. The third kappa shape index (κ3) is 2.01. The van der Waals surface area contributed by atoms with E-state index in [9.17, 15) is 0 Å². The van der Waals surface area contributed by atoms with Crippen LogP contribution >= 0.6 is 22.9 Å². The topological polar surface area (TPSA) is 68.0 Å². The Balaban J connectivity index is 1.86. The van der Waals surface area contributed by atoms with Crippen LogP contribution in [-0.2, 0) is 0 Å². The van der Waals surface area contributed by atoms with Crippen molar-refractivity contribution < 1.29 is 0 Å². The summed E-state index contributed by atoms with van der Waals surface area (Å²) in [5, 5.41) is 7.93. The molecule has 4 aromatic rings. The molecule has 0 fully saturated rings. The van der Waals surface area contributed by atoms with Gasteiger partial charge in [0.05, 0.1) is 15.7 Å². The maximum absolute atomic E-state index is 6.15. The first-order valence-electron chi connectivity index (χ1n) is 6.18. The van der Waals surface area contributed by atoms with E-state index < -0.39 is 0 Å². The minimum atomic E-state index is 0.414. The second kappa shape index (κ2) is 4.64. The normalized spacial score (nSPS) is 11.3. The number of thiazole rings is 1. The number of nitrogens with zero attached hydrogens (tertiary/aromatic N) is 5. The number of rotatable bonds is 2. The molecule has 0 radical (unpaired) electrons. The summed E-state index contributed by atoms with van der Waals surface area (Å²) in [7, 11) is 0. The maximum atomic E-state index is 6.15. The van der Waals surface area contributed by atoms with Gasteiger partial charge in [-0.1, -0.05) is 11.6 Å². The molecule has 0 spiro atoms. The number of nitrogens with one attached hydrogen (secondary N) is 1. The van der Waals surface area contributed by atoms with Crippen molar-refractivity contribution in [1.82, 2.24) is 24.6 Å². The van der Waals surface area contributed by atoms with Crippen LogP contribution < -0.4 is 5.32 Å². The number of hydrogen-bond acceptors (Lipinski definition) is 6. The SMILES string of the molecule is Cc1c(Cl)nc2ncnn2c1Nc1ccc2ncsc2c1. The maximum Gasteiger partial charge on any atom is 0.255 e. The van der Waals surface area contributed by atoms with Gasteiger partial charge in [0, 0.05) is 11.3 Å². The molecule has 0 bridgehead atoms. The van der Waals surface area contributed by atoms with E-state index in [1.54, 1.807) is 15.9 Å². The van der Waals surface area contributed by atoms with Crippen molar-refractivity contribution in [2.75, 3.05) is 5.32 Å². The van der Waals surface area contributed by atoms with Gasteiger partial charge in [0.15, 0.2) is 0 Å². The van der Waals surface area contributed by atoms with Crippen molar-refractivity contribution in [2.45, 2.75) is 6.92 Å². The van der Waals surface area contributed by atoms with E-state index in [1.807, 2.05) is 30.6 Å². The number of benzene rings is 1. The van der Waals surface area contributed by atoms with Crippen LogP contribution in [0.4, 0.5) is 11.5 Å². The van der Waals surface area contributed by atoms with Crippen LogP contribution in [-0.4, -0.2) is 24.6 Å². The van der Waals surface area contributed by atoms with E-state index in [1.165, 1.54) is 6.33 Å². The molecule has 0 amide bonds. The Morgan fingerprint density at radius 2 is 2.19 bits per heavy atom. The van der Waals surface area contributed by atoms with Crippen LogP contribution in [0.15, 0.2) is 30.0 Å². The minimum Gasteiger partial charge on any atom is -0.340 e. The highest BCUT2D eigenvalue weighted by Crippen LogP contribution is 2.28. The van der Waals surface area contributed by atoms with Gasteiger partial charge in [-0.25, -0.2) is 4.98 Å². The molecule has 0 aliphatic heterocycles. The molecule has 8 heteroatoms. The Kier molecular flexibility index (Phi) is 2.76. The van der Waals surface area contributed by atoms with Crippen LogP contribution in [0, 0.1) is 6.92 Å². The molecule has 0 atom stereocenters. The smallest absolute Gasteiger partial charge is 0.255 e. The zero-order valence-electron chi connectivity index (χ0n) is 10.9. The first-order valence-corrected chi connectivity index (χ1v) is 7.44. The van der Waals surface area contributed by atoms with E-state index >= 15 is 0 Å². The van der Waals surface area contributed by atoms with Crippen molar-refractivity contribution in [1.29, 1.82) is 0 Å². The molecule has 3 aromatic heterocycles. The van der Waals surface area contributed by atoms with Crippen LogP contribution in [0.3, 0.4) is 0 Å². The van der Waals surface area contributed by atoms with E-state index in [0.717, 1.165) is 27.3 Å². The first-order chi connectivity index (χ1) is 10.2. The van der Waals surface area contributed by atoms with Crippen LogP contribution in [0.5, 0.6) is 0 Å². The number of fused-ring (bicyclic) bond motifs is 2. The van der Waals surface area contributed by atoms with Crippen molar-refractivity contribution in [3.63, 3.8) is 0 Å². The van der Waals surface area contributed by atoms with Gasteiger partial charge < -0.3 is 5.32 Å². The van der Waals surface area contributed by atoms with E-state index in [2.05, 4.69) is 25.4 Å². The van der Waals surface area contributed by atoms with E-state index in [-0.39, 0.29) is 0 Å². The summed E-state index contributed by atoms with van der Waals surface area (Å²) in [6, 6.07) is 5.99. The van der Waals surface area contributed by atoms with Gasteiger partial charge in [-0.3, -0.25) is 0 Å². The monoisotopic (exact) mass is 316 g/mol. The van der Waals surface area contributed by atoms with Crippen molar-refractivity contribution in [2.24, 2.45) is 0 Å². The molecule has 0 saturated carbocycles. The second-order valence-corrected chi connectivity index (χ2v) is 5.75. The molecule has 0 aliphatic carbocycles. The fourth-order valence-corrected chi connectivity index (χ4v) is 3.00. The lowest BCUT2D eigenvalue weighted by atomic mass is 10.2. The molecule has 1 N–H and O–H groups in total. The lowest BCUT2D eigenvalue weighted by molar-refractivity contribution is 0.936. The number of aromatic nitrogens is 5. The third-order valence-corrected chi connectivity index (χ3v) is 4.36. The number of hydrogen-bond donors (Lipinski definition) is 1. The molecule has 21 heavy (non-hydrogen) atoms. The quantitative estimate of drug-likeness (QED) is 0.574. The summed E-state index contributed by atoms with van der Waals surface area (Å²) in [6.07, 6.45) is 1.45. The molecular formula is C13H9ClN6S. The van der Waals surface area contributed by atoms with Gasteiger partial charge in [0.25, 0.3) is 5.78 Å². The Hall–Kier alpha value is -2.25. The highest BCUT2D eigenvalue weighted by molar-refractivity contribution is 7.16. The summed E-state index contributed by atoms with van der Waals surface area (Å²) < 4.78 is 2.76. The lowest BCUT2D eigenvalue weighted by Gasteiger charge is -2.11. The fourth-order valence-electron chi connectivity index (χ4n) is 2.11. The third-order valence-electron chi connectivity index (χ3n) is 3.20. The Bertz CT molecular complexity index is 960. The second-order valence-electron chi connectivity index (χ2n) is 4.51. The van der Waals surface area contributed by atoms with Gasteiger partial charge in [-0.2, -0.15) is 19.6 Å². The highest BCUT2D eigenvalue weighted by atomic mass is 35.5. The molecule has 3 heterocycles. The molecule has 0 unspecified atom stereocenters. The number of halogens is 1. The number of anilines is 2. The minimum absolute atomic E-state index is 0.414. The fraction of sp³-hybridized carbons (Fsp3) is 0.0769. The van der Waals surface area contributed by atoms with Crippen molar-refractivity contribution in [3.8, 4) is 0 Å². The average molecular weight is 317 g/mol. The first kappa shape index (κ1) is 12.5. The standard InChI is InChI=1S/C13H9ClN6S/c1-7-11(14)19-13-15-5-17-20(13)12(7)18-8-2-3-9-10(4-8)21-6-16-9/h2-6,18H,1H3. The molecule has 0 aliphatic rings. The van der Waals surface area contributed by atoms with Crippen molar-refractivity contribution >= 4 is 50.4 Å². The molecule has 0 saturated heterocycles. The molecule has 6 nitrogen and oxygen atoms in total. The lowest BCUT2D eigenvalue weighted by Crippen LogP contribution is -2.04. The molecule has 4 rings (SSSR count). The summed E-state index contributed by atoms with van der Waals surface area (Å²) in [5.74, 6) is 1.22. The summed E-state index contributed by atoms with van der Waals surface area (Å²) in [6.45, 7) is 1.89. The predicted octanol–water partition coefficient (Wildman–Crippen LogP) is 3.44. The van der Waals surface area contributed by atoms with Crippen LogP contribution in [0.2, 0.25) is 5.15 Å². The average Bonchev–Trinajstić information content (AvgIpc) is 3.11. The Morgan fingerprint density at radius 3 is 3.10 bits per heavy atom. The summed E-state index contributed by atoms with van der Waals surface area (Å²) in [4.78, 5) is 12.5. The van der Waals surface area contributed by atoms with Gasteiger partial charge in [0.2, 0.25) is 0 Å². The van der Waals surface area contributed by atoms with Crippen LogP contribution in [0.25, 0.3) is 16.0 Å². The Labute approximate surface area is 128 Å². The molecular weight excluding hydrogens is 308 g/mol. The van der Waals surface area contributed by atoms with Crippen LogP contribution in [0.1, 0.15) is 5.56 Å².